The van der Waals surface area contributed by atoms with Crippen molar-refractivity contribution in [1.82, 2.24) is 4.31 Å². The zero-order valence-corrected chi connectivity index (χ0v) is 14.6. The van der Waals surface area contributed by atoms with Crippen LogP contribution < -0.4 is 0 Å². The minimum absolute atomic E-state index is 0.0225. The Labute approximate surface area is 149 Å². The maximum Gasteiger partial charge on any atom is 0.410 e. The molecule has 0 bridgehead atoms. The standard InChI is InChI=1S/C18H16F3NO3S/c1-12-7-9-14(10-8-12)26(24,25)22-16(18(19,20)21)15(17(22)23)11-13-5-3-2-4-6-13/h2-10,15-16H,11H2,1H3/t15-,16+/m0/s1. The van der Waals surface area contributed by atoms with Crippen LogP contribution in [-0.4, -0.2) is 30.8 Å². The predicted octanol–water partition coefficient (Wildman–Crippen LogP) is 3.32. The number of hydrogen-bond donors (Lipinski definition) is 0. The first-order valence-corrected chi connectivity index (χ1v) is 9.32. The Bertz CT molecular complexity index is 909. The lowest BCUT2D eigenvalue weighted by Crippen LogP contribution is -2.68. The number of alkyl halides is 3. The van der Waals surface area contributed by atoms with Crippen molar-refractivity contribution in [3.8, 4) is 0 Å². The van der Waals surface area contributed by atoms with Crippen LogP contribution in [0.4, 0.5) is 13.2 Å². The lowest BCUT2D eigenvalue weighted by Gasteiger charge is -2.46. The molecular weight excluding hydrogens is 367 g/mol. The van der Waals surface area contributed by atoms with Crippen LogP contribution in [0.1, 0.15) is 11.1 Å². The molecule has 1 amide bonds. The number of benzene rings is 2. The van der Waals surface area contributed by atoms with Gasteiger partial charge < -0.3 is 0 Å². The number of halogens is 3. The zero-order chi connectivity index (χ0) is 19.1. The molecule has 2 aromatic rings. The molecule has 1 heterocycles. The monoisotopic (exact) mass is 383 g/mol. The first-order chi connectivity index (χ1) is 12.1. The fourth-order valence-corrected chi connectivity index (χ4v) is 4.68. The number of carbonyl (C=O) groups excluding carboxylic acids is 1. The number of β-lactam (4-membered cyclic amide) rings is 1. The molecule has 0 N–H and O–H groups in total. The van der Waals surface area contributed by atoms with Crippen LogP contribution in [0.2, 0.25) is 0 Å². The summed E-state index contributed by atoms with van der Waals surface area (Å²) in [6.07, 6.45) is -5.01. The Kier molecular flexibility index (Phi) is 4.56. The smallest absolute Gasteiger partial charge is 0.273 e. The number of hydrogen-bond acceptors (Lipinski definition) is 3. The van der Waals surface area contributed by atoms with Crippen molar-refractivity contribution in [3.05, 3.63) is 65.7 Å². The van der Waals surface area contributed by atoms with Gasteiger partial charge in [-0.1, -0.05) is 48.0 Å². The molecule has 26 heavy (non-hydrogen) atoms. The second-order valence-corrected chi connectivity index (χ2v) is 8.05. The number of carbonyl (C=O) groups is 1. The van der Waals surface area contributed by atoms with Crippen LogP contribution in [0.15, 0.2) is 59.5 Å². The van der Waals surface area contributed by atoms with Crippen LogP contribution in [-0.2, 0) is 21.2 Å². The summed E-state index contributed by atoms with van der Waals surface area (Å²) in [5.41, 5.74) is 1.31. The summed E-state index contributed by atoms with van der Waals surface area (Å²) in [5.74, 6) is -2.48. The number of sulfonamides is 1. The highest BCUT2D eigenvalue weighted by Crippen LogP contribution is 2.43. The van der Waals surface area contributed by atoms with Crippen molar-refractivity contribution in [2.24, 2.45) is 5.92 Å². The first kappa shape index (κ1) is 18.4. The van der Waals surface area contributed by atoms with E-state index in [1.165, 1.54) is 24.3 Å². The van der Waals surface area contributed by atoms with Crippen LogP contribution in [0.25, 0.3) is 0 Å². The van der Waals surface area contributed by atoms with Crippen molar-refractivity contribution in [3.63, 3.8) is 0 Å². The molecule has 0 saturated carbocycles. The Morgan fingerprint density at radius 1 is 1.00 bits per heavy atom. The third-order valence-corrected chi connectivity index (χ3v) is 6.17. The van der Waals surface area contributed by atoms with Crippen LogP contribution in [0.5, 0.6) is 0 Å². The fraction of sp³-hybridized carbons (Fsp3) is 0.278. The van der Waals surface area contributed by atoms with Crippen LogP contribution >= 0.6 is 0 Å². The highest BCUT2D eigenvalue weighted by molar-refractivity contribution is 7.89. The average molecular weight is 383 g/mol. The van der Waals surface area contributed by atoms with Gasteiger partial charge in [0.1, 0.15) is 0 Å². The molecule has 0 aromatic heterocycles. The molecule has 1 fully saturated rings. The SMILES string of the molecule is Cc1ccc(S(=O)(=O)N2C(=O)[C@@H](Cc3ccccc3)[C@@H]2C(F)(F)F)cc1. The van der Waals surface area contributed by atoms with E-state index in [1.54, 1.807) is 37.3 Å². The summed E-state index contributed by atoms with van der Waals surface area (Å²) in [6.45, 7) is 1.72. The first-order valence-electron chi connectivity index (χ1n) is 7.88. The third kappa shape index (κ3) is 3.21. The molecular formula is C18H16F3NO3S. The van der Waals surface area contributed by atoms with Gasteiger partial charge in [-0.25, -0.2) is 12.7 Å². The van der Waals surface area contributed by atoms with Gasteiger partial charge in [-0.15, -0.1) is 0 Å². The van der Waals surface area contributed by atoms with E-state index in [-0.39, 0.29) is 15.6 Å². The number of amides is 1. The quantitative estimate of drug-likeness (QED) is 0.761. The fourth-order valence-electron chi connectivity index (χ4n) is 3.04. The summed E-state index contributed by atoms with van der Waals surface area (Å²) in [5, 5.41) is 0. The topological polar surface area (TPSA) is 54.5 Å². The molecule has 2 atom stereocenters. The second-order valence-electron chi connectivity index (χ2n) is 6.23. The minimum atomic E-state index is -4.84. The van der Waals surface area contributed by atoms with Gasteiger partial charge in [0.2, 0.25) is 5.91 Å². The van der Waals surface area contributed by atoms with E-state index in [9.17, 15) is 26.4 Å². The number of aryl methyl sites for hydroxylation is 1. The molecule has 1 aliphatic rings. The van der Waals surface area contributed by atoms with Gasteiger partial charge in [0.25, 0.3) is 10.0 Å². The van der Waals surface area contributed by atoms with E-state index in [1.807, 2.05) is 0 Å². The highest BCUT2D eigenvalue weighted by Gasteiger charge is 2.64. The van der Waals surface area contributed by atoms with E-state index in [2.05, 4.69) is 0 Å². The molecule has 0 spiro atoms. The summed E-state index contributed by atoms with van der Waals surface area (Å²) in [4.78, 5) is 12.0. The van der Waals surface area contributed by atoms with Gasteiger partial charge >= 0.3 is 6.18 Å². The molecule has 1 saturated heterocycles. The van der Waals surface area contributed by atoms with Gasteiger partial charge in [0.15, 0.2) is 6.04 Å². The molecule has 1 aliphatic heterocycles. The molecule has 8 heteroatoms. The Hall–Kier alpha value is -2.35. The van der Waals surface area contributed by atoms with E-state index in [0.29, 0.717) is 5.56 Å². The summed E-state index contributed by atoms with van der Waals surface area (Å²) >= 11 is 0. The molecule has 0 radical (unpaired) electrons. The molecule has 3 rings (SSSR count). The zero-order valence-electron chi connectivity index (χ0n) is 13.8. The van der Waals surface area contributed by atoms with Crippen molar-refractivity contribution in [1.29, 1.82) is 0 Å². The molecule has 0 unspecified atom stereocenters. The van der Waals surface area contributed by atoms with E-state index in [4.69, 9.17) is 0 Å². The average Bonchev–Trinajstić information content (AvgIpc) is 2.57. The van der Waals surface area contributed by atoms with Crippen molar-refractivity contribution >= 4 is 15.9 Å². The predicted molar refractivity (Wildman–Crippen MR) is 88.7 cm³/mol. The highest BCUT2D eigenvalue weighted by atomic mass is 32.2. The lowest BCUT2D eigenvalue weighted by atomic mass is 9.84. The summed E-state index contributed by atoms with van der Waals surface area (Å²) in [7, 11) is -4.56. The van der Waals surface area contributed by atoms with Gasteiger partial charge in [-0.05, 0) is 31.0 Å². The Balaban J connectivity index is 1.94. The molecule has 2 aromatic carbocycles. The van der Waals surface area contributed by atoms with Crippen LogP contribution in [0.3, 0.4) is 0 Å². The molecule has 4 nitrogen and oxygen atoms in total. The molecule has 138 valence electrons. The van der Waals surface area contributed by atoms with Crippen molar-refractivity contribution in [2.75, 3.05) is 0 Å². The van der Waals surface area contributed by atoms with Gasteiger partial charge in [-0.3, -0.25) is 4.79 Å². The number of nitrogens with zero attached hydrogens (tertiary/aromatic N) is 1. The van der Waals surface area contributed by atoms with Crippen molar-refractivity contribution in [2.45, 2.75) is 30.5 Å². The lowest BCUT2D eigenvalue weighted by molar-refractivity contribution is -0.214. The van der Waals surface area contributed by atoms with Crippen molar-refractivity contribution < 1.29 is 26.4 Å². The third-order valence-electron chi connectivity index (χ3n) is 4.38. The van der Waals surface area contributed by atoms with Gasteiger partial charge in [0, 0.05) is 0 Å². The van der Waals surface area contributed by atoms with E-state index < -0.39 is 34.1 Å². The second kappa shape index (κ2) is 6.42. The Morgan fingerprint density at radius 3 is 2.12 bits per heavy atom. The summed E-state index contributed by atoms with van der Waals surface area (Å²) < 4.78 is 65.8. The Morgan fingerprint density at radius 2 is 1.58 bits per heavy atom. The molecule has 0 aliphatic carbocycles. The van der Waals surface area contributed by atoms with E-state index in [0.717, 1.165) is 5.56 Å². The largest absolute Gasteiger partial charge is 0.410 e. The van der Waals surface area contributed by atoms with Crippen LogP contribution in [0, 0.1) is 12.8 Å². The van der Waals surface area contributed by atoms with Gasteiger partial charge in [0.05, 0.1) is 10.8 Å². The normalized spacial score (nSPS) is 20.8. The van der Waals surface area contributed by atoms with E-state index >= 15 is 0 Å². The maximum absolute atomic E-state index is 13.5. The number of rotatable bonds is 4. The maximum atomic E-state index is 13.5. The van der Waals surface area contributed by atoms with Gasteiger partial charge in [-0.2, -0.15) is 13.2 Å². The minimum Gasteiger partial charge on any atom is -0.273 e. The summed E-state index contributed by atoms with van der Waals surface area (Å²) in [6, 6.07) is 11.2.